The van der Waals surface area contributed by atoms with Crippen LogP contribution in [-0.4, -0.2) is 11.9 Å². The summed E-state index contributed by atoms with van der Waals surface area (Å²) in [5.74, 6) is -0.173. The van der Waals surface area contributed by atoms with Crippen LogP contribution in [0.5, 0.6) is 0 Å². The predicted molar refractivity (Wildman–Crippen MR) is 96.0 cm³/mol. The summed E-state index contributed by atoms with van der Waals surface area (Å²) in [5.41, 5.74) is 8.75. The van der Waals surface area contributed by atoms with Crippen LogP contribution < -0.4 is 16.4 Å². The van der Waals surface area contributed by atoms with Crippen molar-refractivity contribution in [2.24, 2.45) is 5.73 Å². The largest absolute Gasteiger partial charge is 0.344 e. The van der Waals surface area contributed by atoms with Crippen molar-refractivity contribution in [3.63, 3.8) is 0 Å². The monoisotopic (exact) mass is 312 g/mol. The van der Waals surface area contributed by atoms with E-state index in [9.17, 15) is 4.79 Å². The molecule has 0 fully saturated rings. The topological polar surface area (TPSA) is 55.1 Å². The van der Waals surface area contributed by atoms with Crippen LogP contribution >= 0.6 is 9.24 Å². The van der Waals surface area contributed by atoms with Gasteiger partial charge in [-0.15, -0.1) is 9.24 Å². The third-order valence-corrected chi connectivity index (χ3v) is 3.86. The van der Waals surface area contributed by atoms with E-state index in [1.165, 1.54) is 0 Å². The van der Waals surface area contributed by atoms with Gasteiger partial charge in [0.05, 0.1) is 12.1 Å². The number of rotatable bonds is 5. The molecular weight excluding hydrogens is 291 g/mol. The number of carbonyl (C=O) groups excluding carboxylic acids is 1. The lowest BCUT2D eigenvalue weighted by Gasteiger charge is -2.21. The summed E-state index contributed by atoms with van der Waals surface area (Å²) >= 11 is 0. The summed E-state index contributed by atoms with van der Waals surface area (Å²) < 4.78 is 0. The van der Waals surface area contributed by atoms with Gasteiger partial charge in [0.1, 0.15) is 0 Å². The van der Waals surface area contributed by atoms with Crippen LogP contribution in [-0.2, 0) is 4.79 Å². The van der Waals surface area contributed by atoms with Crippen LogP contribution in [0, 0.1) is 0 Å². The maximum atomic E-state index is 12.0. The standard InChI is InChI=1S/C18H21N2OP/c1-3-13-4-6-14(7-5-13)17(20-18(21)12(2)19)15-8-10-16(22)11-9-15/h3-12,17H,1,19,22H2,2H3,(H,20,21)/t12-,17?/m0/s1. The minimum absolute atomic E-state index is 0.173. The molecule has 0 aliphatic rings. The Hall–Kier alpha value is -1.96. The summed E-state index contributed by atoms with van der Waals surface area (Å²) in [6.45, 7) is 5.44. The molecule has 2 aromatic rings. The molecule has 2 rings (SSSR count). The lowest BCUT2D eigenvalue weighted by atomic mass is 9.97. The molecule has 0 spiro atoms. The Balaban J connectivity index is 2.37. The van der Waals surface area contributed by atoms with Crippen LogP contribution in [0.2, 0.25) is 0 Å². The van der Waals surface area contributed by atoms with Gasteiger partial charge in [0, 0.05) is 0 Å². The van der Waals surface area contributed by atoms with Gasteiger partial charge in [-0.1, -0.05) is 61.2 Å². The molecule has 114 valence electrons. The smallest absolute Gasteiger partial charge is 0.237 e. The SMILES string of the molecule is C=Cc1ccc(C(NC(=O)[C@H](C)N)c2ccc(P)cc2)cc1. The molecule has 2 unspecified atom stereocenters. The van der Waals surface area contributed by atoms with E-state index in [0.717, 1.165) is 22.0 Å². The van der Waals surface area contributed by atoms with Crippen LogP contribution in [0.15, 0.2) is 55.1 Å². The van der Waals surface area contributed by atoms with Crippen molar-refractivity contribution in [1.82, 2.24) is 5.32 Å². The molecule has 4 heteroatoms. The molecule has 3 atom stereocenters. The Morgan fingerprint density at radius 3 is 2.09 bits per heavy atom. The maximum absolute atomic E-state index is 12.0. The first-order valence-corrected chi connectivity index (χ1v) is 7.73. The highest BCUT2D eigenvalue weighted by molar-refractivity contribution is 7.27. The van der Waals surface area contributed by atoms with Crippen molar-refractivity contribution in [3.8, 4) is 0 Å². The van der Waals surface area contributed by atoms with Gasteiger partial charge in [-0.3, -0.25) is 4.79 Å². The number of nitrogens with two attached hydrogens (primary N) is 1. The Kier molecular flexibility index (Phi) is 5.48. The van der Waals surface area contributed by atoms with Gasteiger partial charge in [-0.2, -0.15) is 0 Å². The minimum atomic E-state index is -0.545. The molecule has 3 nitrogen and oxygen atoms in total. The van der Waals surface area contributed by atoms with Crippen molar-refractivity contribution in [2.75, 3.05) is 0 Å². The Morgan fingerprint density at radius 2 is 1.64 bits per heavy atom. The third-order valence-electron chi connectivity index (χ3n) is 3.48. The molecule has 0 aromatic heterocycles. The van der Waals surface area contributed by atoms with E-state index in [1.807, 2.05) is 48.5 Å². The second-order valence-corrected chi connectivity index (χ2v) is 5.93. The van der Waals surface area contributed by atoms with E-state index in [2.05, 4.69) is 21.1 Å². The molecule has 0 saturated heterocycles. The zero-order valence-electron chi connectivity index (χ0n) is 12.6. The fourth-order valence-electron chi connectivity index (χ4n) is 2.15. The van der Waals surface area contributed by atoms with E-state index in [1.54, 1.807) is 13.0 Å². The average Bonchev–Trinajstić information content (AvgIpc) is 2.53. The van der Waals surface area contributed by atoms with Crippen molar-refractivity contribution >= 4 is 26.5 Å². The zero-order valence-corrected chi connectivity index (χ0v) is 13.8. The number of hydrogen-bond donors (Lipinski definition) is 2. The van der Waals surface area contributed by atoms with Gasteiger partial charge in [0.15, 0.2) is 0 Å². The molecule has 3 N–H and O–H groups in total. The van der Waals surface area contributed by atoms with Gasteiger partial charge in [-0.05, 0) is 28.9 Å². The summed E-state index contributed by atoms with van der Waals surface area (Å²) in [7, 11) is 2.66. The van der Waals surface area contributed by atoms with Gasteiger partial charge in [0.25, 0.3) is 0 Å². The van der Waals surface area contributed by atoms with Crippen LogP contribution in [0.3, 0.4) is 0 Å². The van der Waals surface area contributed by atoms with Crippen molar-refractivity contribution in [1.29, 1.82) is 0 Å². The molecule has 0 radical (unpaired) electrons. The van der Waals surface area contributed by atoms with E-state index in [4.69, 9.17) is 5.73 Å². The zero-order chi connectivity index (χ0) is 16.1. The van der Waals surface area contributed by atoms with Gasteiger partial charge >= 0.3 is 0 Å². The Bertz CT molecular complexity index is 648. The van der Waals surface area contributed by atoms with Gasteiger partial charge < -0.3 is 11.1 Å². The molecule has 0 aliphatic heterocycles. The summed E-state index contributed by atoms with van der Waals surface area (Å²) in [6.07, 6.45) is 1.79. The predicted octanol–water partition coefficient (Wildman–Crippen LogP) is 2.38. The lowest BCUT2D eigenvalue weighted by molar-refractivity contribution is -0.122. The number of carbonyl (C=O) groups is 1. The lowest BCUT2D eigenvalue weighted by Crippen LogP contribution is -2.40. The highest BCUT2D eigenvalue weighted by atomic mass is 31.0. The van der Waals surface area contributed by atoms with E-state index in [-0.39, 0.29) is 11.9 Å². The van der Waals surface area contributed by atoms with E-state index < -0.39 is 6.04 Å². The van der Waals surface area contributed by atoms with Crippen LogP contribution in [0.25, 0.3) is 6.08 Å². The summed E-state index contributed by atoms with van der Waals surface area (Å²) in [4.78, 5) is 12.0. The molecule has 1 amide bonds. The first-order valence-electron chi connectivity index (χ1n) is 7.15. The van der Waals surface area contributed by atoms with Crippen molar-refractivity contribution in [2.45, 2.75) is 19.0 Å². The van der Waals surface area contributed by atoms with Gasteiger partial charge in [-0.25, -0.2) is 0 Å². The maximum Gasteiger partial charge on any atom is 0.237 e. The molecule has 0 heterocycles. The number of amides is 1. The first-order chi connectivity index (χ1) is 10.5. The Labute approximate surface area is 133 Å². The highest BCUT2D eigenvalue weighted by Crippen LogP contribution is 2.22. The van der Waals surface area contributed by atoms with E-state index in [0.29, 0.717) is 0 Å². The number of benzene rings is 2. The summed E-state index contributed by atoms with van der Waals surface area (Å²) in [6, 6.07) is 15.2. The highest BCUT2D eigenvalue weighted by Gasteiger charge is 2.18. The number of hydrogen-bond acceptors (Lipinski definition) is 2. The third kappa shape index (κ3) is 4.03. The van der Waals surface area contributed by atoms with Crippen molar-refractivity contribution < 1.29 is 4.79 Å². The molecule has 22 heavy (non-hydrogen) atoms. The van der Waals surface area contributed by atoms with Crippen LogP contribution in [0.4, 0.5) is 0 Å². The molecular formula is C18H21N2OP. The molecule has 2 aromatic carbocycles. The number of nitrogens with one attached hydrogen (secondary N) is 1. The van der Waals surface area contributed by atoms with Crippen molar-refractivity contribution in [3.05, 3.63) is 71.8 Å². The summed E-state index contributed by atoms with van der Waals surface area (Å²) in [5, 5.41) is 4.11. The van der Waals surface area contributed by atoms with Gasteiger partial charge in [0.2, 0.25) is 5.91 Å². The molecule has 0 aliphatic carbocycles. The first kappa shape index (κ1) is 16.4. The second kappa shape index (κ2) is 7.35. The van der Waals surface area contributed by atoms with Crippen LogP contribution in [0.1, 0.15) is 29.7 Å². The average molecular weight is 312 g/mol. The fraction of sp³-hybridized carbons (Fsp3) is 0.167. The minimum Gasteiger partial charge on any atom is -0.344 e. The fourth-order valence-corrected chi connectivity index (χ4v) is 2.34. The van der Waals surface area contributed by atoms with E-state index >= 15 is 0 Å². The second-order valence-electron chi connectivity index (χ2n) is 5.27. The quantitative estimate of drug-likeness (QED) is 0.833. The molecule has 0 saturated carbocycles. The Morgan fingerprint density at radius 1 is 1.14 bits per heavy atom. The molecule has 0 bridgehead atoms. The normalized spacial score (nSPS) is 13.2.